The largest absolute Gasteiger partial charge is 0.486 e. The van der Waals surface area contributed by atoms with Crippen molar-refractivity contribution in [3.8, 4) is 11.5 Å². The molecule has 1 unspecified atom stereocenters. The van der Waals surface area contributed by atoms with Crippen molar-refractivity contribution in [3.63, 3.8) is 0 Å². The molecule has 0 bridgehead atoms. The lowest BCUT2D eigenvalue weighted by Crippen LogP contribution is -2.44. The summed E-state index contributed by atoms with van der Waals surface area (Å²) in [6.07, 6.45) is 2.13. The van der Waals surface area contributed by atoms with Gasteiger partial charge < -0.3 is 14.8 Å². The summed E-state index contributed by atoms with van der Waals surface area (Å²) < 4.78 is 52.9. The predicted octanol–water partition coefficient (Wildman–Crippen LogP) is 2.94. The van der Waals surface area contributed by atoms with Gasteiger partial charge in [0.25, 0.3) is 0 Å². The van der Waals surface area contributed by atoms with Crippen molar-refractivity contribution >= 4 is 33.4 Å². The van der Waals surface area contributed by atoms with E-state index in [1.165, 1.54) is 36.0 Å². The Kier molecular flexibility index (Phi) is 7.22. The van der Waals surface area contributed by atoms with Gasteiger partial charge in [0.05, 0.1) is 4.90 Å². The van der Waals surface area contributed by atoms with E-state index >= 15 is 0 Å². The number of amides is 1. The number of fused-ring (bicyclic) bond motifs is 1. The van der Waals surface area contributed by atoms with Crippen molar-refractivity contribution in [1.29, 1.82) is 0 Å². The van der Waals surface area contributed by atoms with E-state index in [0.717, 1.165) is 0 Å². The van der Waals surface area contributed by atoms with E-state index in [0.29, 0.717) is 36.0 Å². The highest BCUT2D eigenvalue weighted by molar-refractivity contribution is 7.98. The molecule has 0 fully saturated rings. The summed E-state index contributed by atoms with van der Waals surface area (Å²) in [5, 5.41) is 2.58. The lowest BCUT2D eigenvalue weighted by molar-refractivity contribution is -0.117. The fraction of sp³-hybridized carbons (Fsp3) is 0.350. The zero-order chi connectivity index (χ0) is 21.7. The molecule has 10 heteroatoms. The molecule has 1 heterocycles. The molecule has 162 valence electrons. The van der Waals surface area contributed by atoms with Gasteiger partial charge in [-0.1, -0.05) is 6.07 Å². The lowest BCUT2D eigenvalue weighted by Gasteiger charge is -2.21. The Morgan fingerprint density at radius 1 is 1.17 bits per heavy atom. The van der Waals surface area contributed by atoms with Gasteiger partial charge in [-0.25, -0.2) is 12.8 Å². The summed E-state index contributed by atoms with van der Waals surface area (Å²) in [5.41, 5.74) is 0.710. The van der Waals surface area contributed by atoms with Crippen molar-refractivity contribution < 1.29 is 27.1 Å². The molecule has 1 aliphatic heterocycles. The number of aryl methyl sites for hydroxylation is 1. The van der Waals surface area contributed by atoms with Crippen LogP contribution in [-0.2, 0) is 14.8 Å². The number of halogens is 1. The Morgan fingerprint density at radius 2 is 1.90 bits per heavy atom. The number of carbonyl (C=O) groups is 1. The quantitative estimate of drug-likeness (QED) is 0.637. The predicted molar refractivity (Wildman–Crippen MR) is 114 cm³/mol. The van der Waals surface area contributed by atoms with Gasteiger partial charge in [0.15, 0.2) is 11.5 Å². The molecule has 30 heavy (non-hydrogen) atoms. The Hall–Kier alpha value is -2.30. The number of thioether (sulfide) groups is 1. The Bertz CT molecular complexity index is 1030. The van der Waals surface area contributed by atoms with Crippen LogP contribution in [0.1, 0.15) is 12.0 Å². The highest BCUT2D eigenvalue weighted by Gasteiger charge is 2.27. The van der Waals surface area contributed by atoms with E-state index in [1.807, 2.05) is 6.26 Å². The zero-order valence-corrected chi connectivity index (χ0v) is 18.2. The molecule has 0 saturated carbocycles. The number of sulfonamides is 1. The van der Waals surface area contributed by atoms with E-state index < -0.39 is 27.8 Å². The number of hydrogen-bond donors (Lipinski definition) is 2. The Morgan fingerprint density at radius 3 is 2.60 bits per heavy atom. The normalized spacial score (nSPS) is 14.2. The maximum Gasteiger partial charge on any atom is 0.242 e. The third kappa shape index (κ3) is 5.44. The van der Waals surface area contributed by atoms with E-state index in [9.17, 15) is 17.6 Å². The van der Waals surface area contributed by atoms with Crippen LogP contribution < -0.4 is 19.5 Å². The first-order valence-electron chi connectivity index (χ1n) is 9.28. The number of hydrogen-bond acceptors (Lipinski definition) is 6. The molecule has 7 nitrogen and oxygen atoms in total. The van der Waals surface area contributed by atoms with Gasteiger partial charge in [-0.2, -0.15) is 16.5 Å². The number of ether oxygens (including phenoxy) is 2. The van der Waals surface area contributed by atoms with Crippen LogP contribution in [0.25, 0.3) is 0 Å². The monoisotopic (exact) mass is 454 g/mol. The van der Waals surface area contributed by atoms with Gasteiger partial charge in [-0.15, -0.1) is 0 Å². The number of benzene rings is 2. The van der Waals surface area contributed by atoms with Crippen molar-refractivity contribution in [1.82, 2.24) is 4.72 Å². The van der Waals surface area contributed by atoms with E-state index in [2.05, 4.69) is 10.0 Å². The minimum atomic E-state index is -4.01. The molecule has 0 aliphatic carbocycles. The molecular formula is C20H23FN2O5S2. The van der Waals surface area contributed by atoms with Crippen LogP contribution in [0.2, 0.25) is 0 Å². The van der Waals surface area contributed by atoms with Gasteiger partial charge in [-0.3, -0.25) is 4.79 Å². The van der Waals surface area contributed by atoms with Gasteiger partial charge in [0.2, 0.25) is 15.9 Å². The molecule has 0 radical (unpaired) electrons. The van der Waals surface area contributed by atoms with E-state index in [1.54, 1.807) is 19.1 Å². The number of carbonyl (C=O) groups excluding carboxylic acids is 1. The number of nitrogens with one attached hydrogen (secondary N) is 2. The summed E-state index contributed by atoms with van der Waals surface area (Å²) in [4.78, 5) is 12.7. The van der Waals surface area contributed by atoms with Crippen LogP contribution in [0, 0.1) is 12.7 Å². The molecule has 2 aromatic rings. The first kappa shape index (κ1) is 22.4. The molecular weight excluding hydrogens is 431 g/mol. The standard InChI is InChI=1S/C20H23FN2O5S2/c1-13-3-4-14(11-16(13)21)22-20(24)17(7-10-29-2)23-30(25,26)15-5-6-18-19(12-15)28-9-8-27-18/h3-6,11-12,17,23H,7-10H2,1-2H3,(H,22,24). The van der Waals surface area contributed by atoms with Crippen molar-refractivity contribution in [3.05, 3.63) is 47.8 Å². The van der Waals surface area contributed by atoms with Crippen LogP contribution in [0.15, 0.2) is 41.3 Å². The van der Waals surface area contributed by atoms with Crippen LogP contribution >= 0.6 is 11.8 Å². The second kappa shape index (κ2) is 9.67. The first-order valence-corrected chi connectivity index (χ1v) is 12.2. The summed E-state index contributed by atoms with van der Waals surface area (Å²) in [6, 6.07) is 7.58. The van der Waals surface area contributed by atoms with Crippen LogP contribution in [0.4, 0.5) is 10.1 Å². The van der Waals surface area contributed by atoms with E-state index in [-0.39, 0.29) is 17.0 Å². The molecule has 0 spiro atoms. The highest BCUT2D eigenvalue weighted by Crippen LogP contribution is 2.32. The lowest BCUT2D eigenvalue weighted by atomic mass is 10.2. The minimum Gasteiger partial charge on any atom is -0.486 e. The highest BCUT2D eigenvalue weighted by atomic mass is 32.2. The molecule has 1 aliphatic rings. The second-order valence-electron chi connectivity index (χ2n) is 6.71. The molecule has 1 amide bonds. The zero-order valence-electron chi connectivity index (χ0n) is 16.6. The van der Waals surface area contributed by atoms with Crippen LogP contribution in [0.3, 0.4) is 0 Å². The average Bonchev–Trinajstić information content (AvgIpc) is 2.73. The SMILES string of the molecule is CSCCC(NS(=O)(=O)c1ccc2c(c1)OCCO2)C(=O)Nc1ccc(C)c(F)c1. The van der Waals surface area contributed by atoms with Crippen molar-refractivity contribution in [2.24, 2.45) is 0 Å². The van der Waals surface area contributed by atoms with Crippen LogP contribution in [-0.4, -0.2) is 45.6 Å². The molecule has 0 aromatic heterocycles. The maximum absolute atomic E-state index is 13.8. The molecule has 3 rings (SSSR count). The second-order valence-corrected chi connectivity index (χ2v) is 9.41. The molecule has 2 N–H and O–H groups in total. The third-order valence-corrected chi connectivity index (χ3v) is 6.60. The van der Waals surface area contributed by atoms with Crippen molar-refractivity contribution in [2.75, 3.05) is 30.5 Å². The summed E-state index contributed by atoms with van der Waals surface area (Å²) in [5.74, 6) is 0.352. The summed E-state index contributed by atoms with van der Waals surface area (Å²) >= 11 is 1.49. The topological polar surface area (TPSA) is 93.7 Å². The fourth-order valence-electron chi connectivity index (χ4n) is 2.83. The summed E-state index contributed by atoms with van der Waals surface area (Å²) in [6.45, 7) is 2.34. The van der Waals surface area contributed by atoms with E-state index in [4.69, 9.17) is 9.47 Å². The average molecular weight is 455 g/mol. The van der Waals surface area contributed by atoms with Gasteiger partial charge >= 0.3 is 0 Å². The smallest absolute Gasteiger partial charge is 0.242 e. The summed E-state index contributed by atoms with van der Waals surface area (Å²) in [7, 11) is -4.01. The Balaban J connectivity index is 1.78. The number of rotatable bonds is 8. The van der Waals surface area contributed by atoms with Crippen LogP contribution in [0.5, 0.6) is 11.5 Å². The maximum atomic E-state index is 13.8. The molecule has 0 saturated heterocycles. The Labute approximate surface area is 179 Å². The molecule has 2 aromatic carbocycles. The third-order valence-electron chi connectivity index (χ3n) is 4.49. The van der Waals surface area contributed by atoms with Gasteiger partial charge in [-0.05, 0) is 55.2 Å². The van der Waals surface area contributed by atoms with Gasteiger partial charge in [0, 0.05) is 11.8 Å². The number of anilines is 1. The van der Waals surface area contributed by atoms with Crippen molar-refractivity contribution in [2.45, 2.75) is 24.3 Å². The van der Waals surface area contributed by atoms with Gasteiger partial charge in [0.1, 0.15) is 25.1 Å². The fourth-order valence-corrected chi connectivity index (χ4v) is 4.54. The first-order chi connectivity index (χ1) is 14.3. The minimum absolute atomic E-state index is 0.0323. The molecule has 1 atom stereocenters.